The molecule has 3 aromatic carbocycles. The van der Waals surface area contributed by atoms with E-state index >= 15 is 0 Å². The van der Waals surface area contributed by atoms with Crippen molar-refractivity contribution >= 4 is 58.1 Å². The number of nitrogens with one attached hydrogen (secondary N) is 1. The number of hydrogen-bond acceptors (Lipinski definition) is 8. The van der Waals surface area contributed by atoms with Crippen LogP contribution >= 0.6 is 23.4 Å². The Morgan fingerprint density at radius 1 is 1.00 bits per heavy atom. The van der Waals surface area contributed by atoms with Gasteiger partial charge >= 0.3 is 5.97 Å². The zero-order chi connectivity index (χ0) is 27.2. The molecule has 0 aromatic heterocycles. The van der Waals surface area contributed by atoms with Crippen molar-refractivity contribution in [2.24, 2.45) is 0 Å². The molecule has 9 nitrogen and oxygen atoms in total. The normalized spacial score (nSPS) is 14.0. The van der Waals surface area contributed by atoms with E-state index in [0.717, 1.165) is 4.90 Å². The Morgan fingerprint density at radius 2 is 1.71 bits per heavy atom. The smallest absolute Gasteiger partial charge is 0.343 e. The molecule has 1 saturated heterocycles. The summed E-state index contributed by atoms with van der Waals surface area (Å²) in [5, 5.41) is 2.12. The number of para-hydroxylation sites is 1. The summed E-state index contributed by atoms with van der Waals surface area (Å²) in [6.07, 6.45) is 1.45. The maximum atomic E-state index is 12.9. The molecule has 4 rings (SSSR count). The molecule has 11 heteroatoms. The van der Waals surface area contributed by atoms with Crippen LogP contribution < -0.4 is 19.5 Å². The van der Waals surface area contributed by atoms with Gasteiger partial charge in [0, 0.05) is 5.69 Å². The second-order valence-corrected chi connectivity index (χ2v) is 9.23. The second-order valence-electron chi connectivity index (χ2n) is 7.83. The summed E-state index contributed by atoms with van der Waals surface area (Å²) < 4.78 is 15.9. The average Bonchev–Trinajstić information content (AvgIpc) is 3.17. The van der Waals surface area contributed by atoms with Crippen LogP contribution in [-0.4, -0.2) is 48.7 Å². The van der Waals surface area contributed by atoms with Gasteiger partial charge in [-0.25, -0.2) is 4.79 Å². The molecule has 0 radical (unpaired) electrons. The number of nitrogens with zero attached hydrogens (tertiary/aromatic N) is 1. The quantitative estimate of drug-likeness (QED) is 0.229. The van der Waals surface area contributed by atoms with Gasteiger partial charge < -0.3 is 19.5 Å². The van der Waals surface area contributed by atoms with Crippen LogP contribution in [0, 0.1) is 0 Å². The van der Waals surface area contributed by atoms with Gasteiger partial charge in [-0.3, -0.25) is 19.3 Å². The number of anilines is 1. The van der Waals surface area contributed by atoms with Crippen LogP contribution in [0.5, 0.6) is 17.2 Å². The summed E-state index contributed by atoms with van der Waals surface area (Å²) in [6.45, 7) is -0.429. The summed E-state index contributed by atoms with van der Waals surface area (Å²) in [6, 6.07) is 18.0. The molecular weight excluding hydrogens is 532 g/mol. The highest BCUT2D eigenvalue weighted by Gasteiger charge is 2.36. The van der Waals surface area contributed by atoms with Gasteiger partial charge in [-0.05, 0) is 71.9 Å². The number of imide groups is 1. The number of rotatable bonds is 8. The monoisotopic (exact) mass is 552 g/mol. The lowest BCUT2D eigenvalue weighted by Gasteiger charge is -2.13. The fourth-order valence-corrected chi connectivity index (χ4v) is 4.55. The van der Waals surface area contributed by atoms with Crippen molar-refractivity contribution in [2.75, 3.05) is 26.1 Å². The summed E-state index contributed by atoms with van der Waals surface area (Å²) in [4.78, 5) is 51.2. The van der Waals surface area contributed by atoms with Gasteiger partial charge in [0.1, 0.15) is 12.3 Å². The zero-order valence-electron chi connectivity index (χ0n) is 20.2. The van der Waals surface area contributed by atoms with E-state index in [1.807, 2.05) is 0 Å². The number of methoxy groups -OCH3 is 2. The van der Waals surface area contributed by atoms with E-state index < -0.39 is 29.6 Å². The second kappa shape index (κ2) is 11.8. The zero-order valence-corrected chi connectivity index (χ0v) is 21.8. The summed E-state index contributed by atoms with van der Waals surface area (Å²) >= 11 is 7.09. The Morgan fingerprint density at radius 3 is 2.37 bits per heavy atom. The van der Waals surface area contributed by atoms with Crippen molar-refractivity contribution in [2.45, 2.75) is 0 Å². The molecular formula is C27H21ClN2O7S. The Kier molecular flexibility index (Phi) is 8.35. The fraction of sp³-hybridized carbons (Fsp3) is 0.111. The molecule has 3 aromatic rings. The van der Waals surface area contributed by atoms with E-state index in [1.54, 1.807) is 54.6 Å². The number of carbonyl (C=O) groups excluding carboxylic acids is 4. The van der Waals surface area contributed by atoms with Gasteiger partial charge in [0.15, 0.2) is 11.5 Å². The molecule has 38 heavy (non-hydrogen) atoms. The van der Waals surface area contributed by atoms with E-state index in [4.69, 9.17) is 25.8 Å². The predicted octanol–water partition coefficient (Wildman–Crippen LogP) is 5.25. The van der Waals surface area contributed by atoms with Crippen LogP contribution in [0.1, 0.15) is 15.9 Å². The molecule has 1 aliphatic rings. The van der Waals surface area contributed by atoms with Crippen LogP contribution in [-0.2, 0) is 9.59 Å². The highest BCUT2D eigenvalue weighted by atomic mass is 35.5. The van der Waals surface area contributed by atoms with Crippen LogP contribution in [0.2, 0.25) is 5.02 Å². The van der Waals surface area contributed by atoms with Gasteiger partial charge in [0.2, 0.25) is 5.91 Å². The molecule has 0 spiro atoms. The number of benzene rings is 3. The molecule has 0 bridgehead atoms. The van der Waals surface area contributed by atoms with Gasteiger partial charge in [-0.1, -0.05) is 29.8 Å². The van der Waals surface area contributed by atoms with Crippen LogP contribution in [0.15, 0.2) is 71.6 Å². The largest absolute Gasteiger partial charge is 0.497 e. The first kappa shape index (κ1) is 26.8. The van der Waals surface area contributed by atoms with E-state index in [2.05, 4.69) is 5.32 Å². The van der Waals surface area contributed by atoms with E-state index in [0.29, 0.717) is 28.8 Å². The topological polar surface area (TPSA) is 111 Å². The Labute approximate surface area is 227 Å². The lowest BCUT2D eigenvalue weighted by Crippen LogP contribution is -2.36. The maximum Gasteiger partial charge on any atom is 0.343 e. The van der Waals surface area contributed by atoms with Crippen molar-refractivity contribution in [3.05, 3.63) is 87.8 Å². The van der Waals surface area contributed by atoms with Crippen LogP contribution in [0.25, 0.3) is 6.08 Å². The van der Waals surface area contributed by atoms with Crippen molar-refractivity contribution in [3.63, 3.8) is 0 Å². The molecule has 194 valence electrons. The molecule has 0 atom stereocenters. The number of hydrogen-bond donors (Lipinski definition) is 1. The van der Waals surface area contributed by atoms with Gasteiger partial charge in [-0.15, -0.1) is 0 Å². The predicted molar refractivity (Wildman–Crippen MR) is 144 cm³/mol. The number of halogens is 1. The lowest BCUT2D eigenvalue weighted by molar-refractivity contribution is -0.127. The van der Waals surface area contributed by atoms with Crippen molar-refractivity contribution in [1.29, 1.82) is 0 Å². The molecule has 0 unspecified atom stereocenters. The molecule has 1 fully saturated rings. The van der Waals surface area contributed by atoms with Crippen LogP contribution in [0.3, 0.4) is 0 Å². The molecule has 0 aliphatic carbocycles. The summed E-state index contributed by atoms with van der Waals surface area (Å²) in [5.74, 6) is -1.05. The molecule has 0 saturated carbocycles. The number of thioether (sulfide) groups is 1. The summed E-state index contributed by atoms with van der Waals surface area (Å²) in [5.41, 5.74) is 1.25. The maximum absolute atomic E-state index is 12.9. The average molecular weight is 553 g/mol. The molecule has 3 amide bonds. The van der Waals surface area contributed by atoms with E-state index in [-0.39, 0.29) is 27.0 Å². The first-order valence-corrected chi connectivity index (χ1v) is 12.3. The highest BCUT2D eigenvalue weighted by molar-refractivity contribution is 8.18. The minimum atomic E-state index is -0.657. The minimum absolute atomic E-state index is 0.00202. The first-order chi connectivity index (χ1) is 18.3. The number of ether oxygens (including phenoxy) is 3. The highest BCUT2D eigenvalue weighted by Crippen LogP contribution is 2.39. The molecule has 1 N–H and O–H groups in total. The third kappa shape index (κ3) is 6.16. The number of esters is 1. The van der Waals surface area contributed by atoms with E-state index in [1.165, 1.54) is 32.4 Å². The van der Waals surface area contributed by atoms with Crippen molar-refractivity contribution in [3.8, 4) is 17.2 Å². The van der Waals surface area contributed by atoms with Crippen molar-refractivity contribution in [1.82, 2.24) is 4.90 Å². The number of carbonyl (C=O) groups is 4. The van der Waals surface area contributed by atoms with Gasteiger partial charge in [-0.2, -0.15) is 0 Å². The standard InChI is InChI=1S/C27H21ClN2O7S/c1-35-19-10-8-17(9-11-19)26(33)37-24-20(28)12-16(13-21(24)36-2)14-22-25(32)30(27(34)38-22)15-23(31)29-18-6-4-3-5-7-18/h3-14H,15H2,1-2H3,(H,29,31)/b22-14-. The molecule has 1 heterocycles. The minimum Gasteiger partial charge on any atom is -0.497 e. The van der Waals surface area contributed by atoms with E-state index in [9.17, 15) is 19.2 Å². The Hall–Kier alpha value is -4.28. The Bertz CT molecular complexity index is 1430. The van der Waals surface area contributed by atoms with Gasteiger partial charge in [0.25, 0.3) is 11.1 Å². The number of amides is 3. The fourth-order valence-electron chi connectivity index (χ4n) is 3.45. The van der Waals surface area contributed by atoms with Gasteiger partial charge in [0.05, 0.1) is 29.7 Å². The molecule has 1 aliphatic heterocycles. The first-order valence-electron chi connectivity index (χ1n) is 11.1. The lowest BCUT2D eigenvalue weighted by atomic mass is 10.1. The van der Waals surface area contributed by atoms with Crippen molar-refractivity contribution < 1.29 is 33.4 Å². The van der Waals surface area contributed by atoms with Crippen LogP contribution in [0.4, 0.5) is 10.5 Å². The Balaban J connectivity index is 1.49. The SMILES string of the molecule is COc1ccc(C(=O)Oc2c(Cl)cc(/C=C3\SC(=O)N(CC(=O)Nc4ccccc4)C3=O)cc2OC)cc1. The third-order valence-electron chi connectivity index (χ3n) is 5.30. The third-order valence-corrected chi connectivity index (χ3v) is 6.49. The summed E-state index contributed by atoms with van der Waals surface area (Å²) in [7, 11) is 2.89.